The molecular weight excluding hydrogens is 291 g/mol. The summed E-state index contributed by atoms with van der Waals surface area (Å²) in [5, 5.41) is 0. The van der Waals surface area contributed by atoms with Crippen molar-refractivity contribution in [2.24, 2.45) is 0 Å². The first kappa shape index (κ1) is 13.4. The molecule has 0 aliphatic heterocycles. The lowest BCUT2D eigenvalue weighted by Gasteiger charge is -1.93. The lowest BCUT2D eigenvalue weighted by Crippen LogP contribution is -2.00. The van der Waals surface area contributed by atoms with Crippen LogP contribution in [0.2, 0.25) is 0 Å². The fraction of sp³-hybridized carbons (Fsp3) is 0.364. The van der Waals surface area contributed by atoms with Crippen molar-refractivity contribution in [3.05, 3.63) is 24.3 Å². The zero-order valence-corrected chi connectivity index (χ0v) is 10.8. The van der Waals surface area contributed by atoms with E-state index in [1.807, 2.05) is 0 Å². The third-order valence-corrected chi connectivity index (χ3v) is 1.71. The van der Waals surface area contributed by atoms with Gasteiger partial charge in [0, 0.05) is 6.42 Å². The molecule has 0 aromatic heterocycles. The highest BCUT2D eigenvalue weighted by atomic mass is 127. The maximum absolute atomic E-state index is 10.2. The molecule has 0 saturated heterocycles. The van der Waals surface area contributed by atoms with E-state index in [2.05, 4.69) is 29.0 Å². The topological polar surface area (TPSA) is 26.3 Å². The molecule has 2 nitrogen and oxygen atoms in total. The van der Waals surface area contributed by atoms with E-state index in [0.717, 1.165) is 0 Å². The molecule has 0 N–H and O–H groups in total. The van der Waals surface area contributed by atoms with Gasteiger partial charge in [-0.25, -0.2) is 0 Å². The van der Waals surface area contributed by atoms with Gasteiger partial charge in [-0.15, -0.1) is 24.0 Å². The monoisotopic (exact) mass is 306 g/mol. The van der Waals surface area contributed by atoms with E-state index in [1.165, 1.54) is 11.1 Å². The van der Waals surface area contributed by atoms with Gasteiger partial charge >= 0.3 is 5.97 Å². The van der Waals surface area contributed by atoms with Crippen LogP contribution in [-0.4, -0.2) is 12.6 Å². The summed E-state index contributed by atoms with van der Waals surface area (Å²) in [5.74, 6) is -0.123. The van der Waals surface area contributed by atoms with Crippen molar-refractivity contribution in [1.29, 1.82) is 0 Å². The zero-order chi connectivity index (χ0) is 9.68. The number of esters is 1. The van der Waals surface area contributed by atoms with E-state index in [-0.39, 0.29) is 29.9 Å². The number of benzene rings is 1. The quantitative estimate of drug-likeness (QED) is 0.629. The fourth-order valence-corrected chi connectivity index (χ4v) is 0.939. The summed E-state index contributed by atoms with van der Waals surface area (Å²) in [6, 6.07) is 8.48. The second kappa shape index (κ2) is 6.81. The lowest BCUT2D eigenvalue weighted by atomic mass is 10.5. The van der Waals surface area contributed by atoms with E-state index in [0.29, 0.717) is 13.0 Å². The first-order valence-corrected chi connectivity index (χ1v) is 4.54. The van der Waals surface area contributed by atoms with Gasteiger partial charge in [-0.2, -0.15) is 0 Å². The van der Waals surface area contributed by atoms with Gasteiger partial charge in [0.25, 0.3) is 0 Å². The van der Waals surface area contributed by atoms with Crippen molar-refractivity contribution in [3.63, 3.8) is 0 Å². The van der Waals surface area contributed by atoms with Gasteiger partial charge < -0.3 is 4.74 Å². The number of ether oxygens (including phenoxy) is 1. The Kier molecular flexibility index (Phi) is 6.53. The molecule has 0 aromatic rings. The summed E-state index contributed by atoms with van der Waals surface area (Å²) in [4.78, 5) is 10.2. The molecule has 0 saturated carbocycles. The highest BCUT2D eigenvalue weighted by Gasteiger charge is 2.06. The maximum atomic E-state index is 10.2. The minimum atomic E-state index is -0.123. The Hall–Kier alpha value is -0.580. The molecule has 78 valence electrons. The van der Waals surface area contributed by atoms with Crippen LogP contribution in [0.3, 0.4) is 0 Å². The van der Waals surface area contributed by atoms with E-state index in [1.54, 1.807) is 13.8 Å². The number of hydrogen-bond acceptors (Lipinski definition) is 2. The third-order valence-electron chi connectivity index (χ3n) is 1.71. The van der Waals surface area contributed by atoms with Gasteiger partial charge in [-0.1, -0.05) is 25.1 Å². The van der Waals surface area contributed by atoms with Crippen LogP contribution in [0, 0.1) is 0 Å². The highest BCUT2D eigenvalue weighted by Crippen LogP contribution is 2.32. The SMILES string of the molecule is CCOC(=O)CC.I.c1cc2cc-2c1. The Balaban J connectivity index is 0.000000225. The summed E-state index contributed by atoms with van der Waals surface area (Å²) in [6.07, 6.45) is 0.480. The van der Waals surface area contributed by atoms with Crippen LogP contribution in [0.1, 0.15) is 20.3 Å². The maximum Gasteiger partial charge on any atom is 0.305 e. The molecular formula is C11H15IO2. The Morgan fingerprint density at radius 3 is 2.00 bits per heavy atom. The summed E-state index contributed by atoms with van der Waals surface area (Å²) < 4.78 is 4.55. The Morgan fingerprint density at radius 1 is 1.29 bits per heavy atom. The molecule has 0 fully saturated rings. The molecule has 0 atom stereocenters. The van der Waals surface area contributed by atoms with Gasteiger partial charge in [0.05, 0.1) is 6.61 Å². The molecule has 0 bridgehead atoms. The van der Waals surface area contributed by atoms with Gasteiger partial charge in [-0.3, -0.25) is 4.79 Å². The summed E-state index contributed by atoms with van der Waals surface area (Å²) >= 11 is 0. The number of carbonyl (C=O) groups excluding carboxylic acids is 1. The van der Waals surface area contributed by atoms with Crippen LogP contribution in [0.5, 0.6) is 0 Å². The minimum absolute atomic E-state index is 0. The standard InChI is InChI=1S/C6H4.C5H10O2.HI/c1-2-5-4-6(5)3-1;1-3-5(6)7-4-2;/h1-4H;3-4H2,1-2H3;1H. The van der Waals surface area contributed by atoms with E-state index in [4.69, 9.17) is 0 Å². The van der Waals surface area contributed by atoms with Crippen LogP contribution in [0.4, 0.5) is 0 Å². The van der Waals surface area contributed by atoms with Crippen molar-refractivity contribution < 1.29 is 9.53 Å². The molecule has 2 aliphatic rings. The number of fused-ring (bicyclic) bond motifs is 1. The second-order valence-electron chi connectivity index (χ2n) is 2.74. The number of carbonyl (C=O) groups is 1. The largest absolute Gasteiger partial charge is 0.466 e. The molecule has 2 rings (SSSR count). The molecule has 0 heterocycles. The highest BCUT2D eigenvalue weighted by molar-refractivity contribution is 14.0. The zero-order valence-electron chi connectivity index (χ0n) is 8.45. The van der Waals surface area contributed by atoms with E-state index in [9.17, 15) is 4.79 Å². The fourth-order valence-electron chi connectivity index (χ4n) is 0.939. The smallest absolute Gasteiger partial charge is 0.305 e. The van der Waals surface area contributed by atoms with Crippen LogP contribution in [-0.2, 0) is 9.53 Å². The Morgan fingerprint density at radius 2 is 1.86 bits per heavy atom. The van der Waals surface area contributed by atoms with Gasteiger partial charge in [-0.05, 0) is 24.1 Å². The van der Waals surface area contributed by atoms with Gasteiger partial charge in [0.15, 0.2) is 0 Å². The summed E-state index contributed by atoms with van der Waals surface area (Å²) in [7, 11) is 0. The summed E-state index contributed by atoms with van der Waals surface area (Å²) in [6.45, 7) is 4.07. The predicted octanol–water partition coefficient (Wildman–Crippen LogP) is 3.24. The molecule has 0 spiro atoms. The second-order valence-corrected chi connectivity index (χ2v) is 2.74. The van der Waals surface area contributed by atoms with Crippen LogP contribution >= 0.6 is 24.0 Å². The Bertz CT molecular complexity index is 280. The molecule has 0 radical (unpaired) electrons. The van der Waals surface area contributed by atoms with E-state index < -0.39 is 0 Å². The normalized spacial score (nSPS) is 9.00. The van der Waals surface area contributed by atoms with Gasteiger partial charge in [0.1, 0.15) is 0 Å². The first-order chi connectivity index (χ1) is 6.27. The molecule has 3 heteroatoms. The van der Waals surface area contributed by atoms with E-state index >= 15 is 0 Å². The van der Waals surface area contributed by atoms with Crippen molar-refractivity contribution >= 4 is 29.9 Å². The lowest BCUT2D eigenvalue weighted by molar-refractivity contribution is -0.142. The van der Waals surface area contributed by atoms with Crippen LogP contribution < -0.4 is 0 Å². The van der Waals surface area contributed by atoms with Crippen molar-refractivity contribution in [1.82, 2.24) is 0 Å². The molecule has 0 aromatic carbocycles. The minimum Gasteiger partial charge on any atom is -0.466 e. The third kappa shape index (κ3) is 4.60. The molecule has 0 unspecified atom stereocenters. The number of halogens is 1. The average molecular weight is 306 g/mol. The molecule has 14 heavy (non-hydrogen) atoms. The number of hydrogen-bond donors (Lipinski definition) is 0. The first-order valence-electron chi connectivity index (χ1n) is 4.54. The molecule has 2 aliphatic carbocycles. The van der Waals surface area contributed by atoms with Crippen LogP contribution in [0.15, 0.2) is 24.3 Å². The van der Waals surface area contributed by atoms with Crippen LogP contribution in [0.25, 0.3) is 11.1 Å². The Labute approximate surface area is 102 Å². The van der Waals surface area contributed by atoms with Crippen molar-refractivity contribution in [2.75, 3.05) is 6.61 Å². The average Bonchev–Trinajstić information content (AvgIpc) is 2.75. The van der Waals surface area contributed by atoms with Crippen molar-refractivity contribution in [3.8, 4) is 11.1 Å². The molecule has 0 amide bonds. The van der Waals surface area contributed by atoms with Crippen molar-refractivity contribution in [2.45, 2.75) is 20.3 Å². The summed E-state index contributed by atoms with van der Waals surface area (Å²) in [5.41, 5.74) is 2.85. The predicted molar refractivity (Wildman–Crippen MR) is 67.8 cm³/mol. The number of rotatable bonds is 2. The van der Waals surface area contributed by atoms with Gasteiger partial charge in [0.2, 0.25) is 0 Å².